The molecule has 2 fully saturated rings. The van der Waals surface area contributed by atoms with Crippen molar-refractivity contribution in [1.29, 1.82) is 0 Å². The largest absolute Gasteiger partial charge is 0.478 e. The zero-order valence-electron chi connectivity index (χ0n) is 15.9. The summed E-state index contributed by atoms with van der Waals surface area (Å²) in [6, 6.07) is 9.59. The Kier molecular flexibility index (Phi) is 5.45. The predicted octanol–water partition coefficient (Wildman–Crippen LogP) is 3.30. The summed E-state index contributed by atoms with van der Waals surface area (Å²) in [6.45, 7) is 1.06. The molecule has 0 atom stereocenters. The highest BCUT2D eigenvalue weighted by Crippen LogP contribution is 2.33. The number of aromatic carboxylic acids is 1. The number of hydrogen-bond donors (Lipinski definition) is 1. The fourth-order valence-electron chi connectivity index (χ4n) is 3.36. The van der Waals surface area contributed by atoms with Crippen LogP contribution in [-0.2, 0) is 9.59 Å². The van der Waals surface area contributed by atoms with Crippen molar-refractivity contribution in [2.45, 2.75) is 12.8 Å². The first-order valence-corrected chi connectivity index (χ1v) is 10.2. The van der Waals surface area contributed by atoms with E-state index in [1.165, 1.54) is 18.2 Å². The molecule has 0 bridgehead atoms. The van der Waals surface area contributed by atoms with Gasteiger partial charge in [-0.25, -0.2) is 4.79 Å². The number of likely N-dealkylation sites (tertiary alicyclic amines) is 1. The molecule has 2 aliphatic rings. The van der Waals surface area contributed by atoms with Crippen LogP contribution >= 0.6 is 11.8 Å². The Bertz CT molecular complexity index is 1070. The van der Waals surface area contributed by atoms with Crippen molar-refractivity contribution in [1.82, 2.24) is 9.80 Å². The molecule has 0 aliphatic carbocycles. The summed E-state index contributed by atoms with van der Waals surface area (Å²) in [5, 5.41) is 8.63. The zero-order chi connectivity index (χ0) is 21.3. The Morgan fingerprint density at radius 2 is 1.90 bits per heavy atom. The molecule has 2 saturated heterocycles. The number of furan rings is 1. The SMILES string of the molecule is O=C(O)c1cccc(-c2ccc(/C=C3\SC(=O)N(CC(=O)N4CCCC4)C3=O)o2)c1. The van der Waals surface area contributed by atoms with E-state index in [9.17, 15) is 19.2 Å². The lowest BCUT2D eigenvalue weighted by molar-refractivity contribution is -0.135. The Labute approximate surface area is 176 Å². The van der Waals surface area contributed by atoms with Crippen LogP contribution in [-0.4, -0.2) is 57.6 Å². The maximum atomic E-state index is 12.6. The molecule has 8 nitrogen and oxygen atoms in total. The molecular weight excluding hydrogens is 408 g/mol. The second-order valence-corrected chi connectivity index (χ2v) is 7.94. The van der Waals surface area contributed by atoms with Crippen molar-refractivity contribution in [2.75, 3.05) is 19.6 Å². The number of thioether (sulfide) groups is 1. The average molecular weight is 426 g/mol. The molecule has 0 radical (unpaired) electrons. The van der Waals surface area contributed by atoms with Gasteiger partial charge in [0.05, 0.1) is 10.5 Å². The molecule has 30 heavy (non-hydrogen) atoms. The van der Waals surface area contributed by atoms with Gasteiger partial charge in [0.1, 0.15) is 18.1 Å². The number of rotatable bonds is 5. The number of carbonyl (C=O) groups excluding carboxylic acids is 3. The third kappa shape index (κ3) is 4.02. The fraction of sp³-hybridized carbons (Fsp3) is 0.238. The maximum Gasteiger partial charge on any atom is 0.335 e. The molecule has 154 valence electrons. The standard InChI is InChI=1S/C21H18N2O6S/c24-18(22-8-1-2-9-22)12-23-19(25)17(30-21(23)28)11-15-6-7-16(29-15)13-4-3-5-14(10-13)20(26)27/h3-7,10-11H,1-2,8-9,12H2,(H,26,27)/b17-11-. The van der Waals surface area contributed by atoms with Gasteiger partial charge in [0.2, 0.25) is 5.91 Å². The van der Waals surface area contributed by atoms with Gasteiger partial charge in [0, 0.05) is 24.7 Å². The van der Waals surface area contributed by atoms with E-state index in [2.05, 4.69) is 0 Å². The highest BCUT2D eigenvalue weighted by molar-refractivity contribution is 8.18. The molecule has 1 aromatic carbocycles. The van der Waals surface area contributed by atoms with Crippen LogP contribution in [0.2, 0.25) is 0 Å². The van der Waals surface area contributed by atoms with E-state index in [0.29, 0.717) is 30.2 Å². The molecule has 1 aromatic heterocycles. The van der Waals surface area contributed by atoms with Gasteiger partial charge >= 0.3 is 5.97 Å². The van der Waals surface area contributed by atoms with Gasteiger partial charge in [-0.05, 0) is 48.9 Å². The van der Waals surface area contributed by atoms with Gasteiger partial charge in [-0.3, -0.25) is 19.3 Å². The minimum Gasteiger partial charge on any atom is -0.478 e. The number of benzene rings is 1. The number of imide groups is 1. The van der Waals surface area contributed by atoms with E-state index in [0.717, 1.165) is 29.5 Å². The van der Waals surface area contributed by atoms with Crippen molar-refractivity contribution in [3.8, 4) is 11.3 Å². The van der Waals surface area contributed by atoms with Crippen molar-refractivity contribution < 1.29 is 28.7 Å². The second-order valence-electron chi connectivity index (χ2n) is 6.94. The molecule has 9 heteroatoms. The maximum absolute atomic E-state index is 12.6. The molecule has 0 unspecified atom stereocenters. The predicted molar refractivity (Wildman–Crippen MR) is 110 cm³/mol. The first kappa shape index (κ1) is 20.0. The lowest BCUT2D eigenvalue weighted by atomic mass is 10.1. The van der Waals surface area contributed by atoms with Crippen LogP contribution in [0.15, 0.2) is 45.7 Å². The molecule has 0 saturated carbocycles. The van der Waals surface area contributed by atoms with Gasteiger partial charge in [-0.1, -0.05) is 12.1 Å². The topological polar surface area (TPSA) is 108 Å². The number of nitrogens with zero attached hydrogens (tertiary/aromatic N) is 2. The fourth-order valence-corrected chi connectivity index (χ4v) is 4.18. The Hall–Kier alpha value is -3.33. The second kappa shape index (κ2) is 8.19. The summed E-state index contributed by atoms with van der Waals surface area (Å²) in [4.78, 5) is 51.1. The Morgan fingerprint density at radius 3 is 2.63 bits per heavy atom. The van der Waals surface area contributed by atoms with Crippen LogP contribution in [0.5, 0.6) is 0 Å². The molecule has 0 spiro atoms. The van der Waals surface area contributed by atoms with Crippen LogP contribution in [0.3, 0.4) is 0 Å². The van der Waals surface area contributed by atoms with E-state index >= 15 is 0 Å². The monoisotopic (exact) mass is 426 g/mol. The van der Waals surface area contributed by atoms with E-state index < -0.39 is 17.1 Å². The molecule has 4 rings (SSSR count). The number of hydrogen-bond acceptors (Lipinski definition) is 6. The third-order valence-electron chi connectivity index (χ3n) is 4.92. The molecular formula is C21H18N2O6S. The third-order valence-corrected chi connectivity index (χ3v) is 5.83. The number of carboxylic acid groups (broad SMARTS) is 1. The normalized spacial score (nSPS) is 17.9. The minimum absolute atomic E-state index is 0.134. The lowest BCUT2D eigenvalue weighted by Gasteiger charge is -2.18. The van der Waals surface area contributed by atoms with Crippen molar-refractivity contribution >= 4 is 40.9 Å². The quantitative estimate of drug-likeness (QED) is 0.731. The lowest BCUT2D eigenvalue weighted by Crippen LogP contribution is -2.40. The van der Waals surface area contributed by atoms with E-state index in [-0.39, 0.29) is 22.9 Å². The van der Waals surface area contributed by atoms with Gasteiger partial charge < -0.3 is 14.4 Å². The van der Waals surface area contributed by atoms with Crippen LogP contribution in [0.1, 0.15) is 29.0 Å². The molecule has 2 aromatic rings. The summed E-state index contributed by atoms with van der Waals surface area (Å²) >= 11 is 0.763. The number of carbonyl (C=O) groups is 4. The van der Waals surface area contributed by atoms with Gasteiger partial charge in [-0.15, -0.1) is 0 Å². The summed E-state index contributed by atoms with van der Waals surface area (Å²) in [5.74, 6) is -1.01. The molecule has 3 heterocycles. The van der Waals surface area contributed by atoms with Crippen molar-refractivity contribution in [3.63, 3.8) is 0 Å². The highest BCUT2D eigenvalue weighted by Gasteiger charge is 2.37. The van der Waals surface area contributed by atoms with Crippen LogP contribution in [0, 0.1) is 0 Å². The highest BCUT2D eigenvalue weighted by atomic mass is 32.2. The zero-order valence-corrected chi connectivity index (χ0v) is 16.7. The first-order chi connectivity index (χ1) is 14.4. The van der Waals surface area contributed by atoms with Gasteiger partial charge in [-0.2, -0.15) is 0 Å². The van der Waals surface area contributed by atoms with E-state index in [1.54, 1.807) is 29.2 Å². The van der Waals surface area contributed by atoms with E-state index in [4.69, 9.17) is 9.52 Å². The van der Waals surface area contributed by atoms with E-state index in [1.807, 2.05) is 0 Å². The number of carboxylic acids is 1. The van der Waals surface area contributed by atoms with Crippen LogP contribution in [0.4, 0.5) is 4.79 Å². The van der Waals surface area contributed by atoms with Crippen molar-refractivity contribution in [3.05, 3.63) is 52.6 Å². The Morgan fingerprint density at radius 1 is 1.13 bits per heavy atom. The van der Waals surface area contributed by atoms with Gasteiger partial charge in [0.25, 0.3) is 11.1 Å². The molecule has 3 amide bonds. The van der Waals surface area contributed by atoms with Crippen molar-refractivity contribution in [2.24, 2.45) is 0 Å². The smallest absolute Gasteiger partial charge is 0.335 e. The van der Waals surface area contributed by atoms with Crippen LogP contribution in [0.25, 0.3) is 17.4 Å². The van der Waals surface area contributed by atoms with Crippen LogP contribution < -0.4 is 0 Å². The summed E-state index contributed by atoms with van der Waals surface area (Å²) in [5.41, 5.74) is 0.716. The molecule has 2 aliphatic heterocycles. The minimum atomic E-state index is -1.04. The van der Waals surface area contributed by atoms with Gasteiger partial charge in [0.15, 0.2) is 0 Å². The summed E-state index contributed by atoms with van der Waals surface area (Å²) < 4.78 is 5.71. The number of amides is 3. The summed E-state index contributed by atoms with van der Waals surface area (Å²) in [7, 11) is 0. The summed E-state index contributed by atoms with van der Waals surface area (Å²) in [6.07, 6.45) is 3.32. The average Bonchev–Trinajstić information content (AvgIpc) is 3.47. The first-order valence-electron chi connectivity index (χ1n) is 9.39. The Balaban J connectivity index is 1.49. The molecule has 1 N–H and O–H groups in total.